The molecule has 0 radical (unpaired) electrons. The standard InChI is InChI=1S/C29H45FO/c1-3-5-21-7-9-23(10-8-21)13-17-27-18-16-25-19-26(20-28(30)29(25)31-27)24-14-11-22(6-4-2)12-15-24/h19-24,27H,3-18H2,1-2H3. The van der Waals surface area contributed by atoms with E-state index in [1.807, 2.05) is 0 Å². The molecular weight excluding hydrogens is 383 g/mol. The van der Waals surface area contributed by atoms with Gasteiger partial charge in [-0.15, -0.1) is 0 Å². The molecule has 0 aromatic heterocycles. The van der Waals surface area contributed by atoms with E-state index in [-0.39, 0.29) is 11.9 Å². The van der Waals surface area contributed by atoms with Crippen molar-refractivity contribution in [2.45, 2.75) is 129 Å². The van der Waals surface area contributed by atoms with E-state index >= 15 is 4.39 Å². The monoisotopic (exact) mass is 428 g/mol. The van der Waals surface area contributed by atoms with Crippen LogP contribution < -0.4 is 4.74 Å². The van der Waals surface area contributed by atoms with Crippen molar-refractivity contribution >= 4 is 0 Å². The van der Waals surface area contributed by atoms with Crippen molar-refractivity contribution in [2.24, 2.45) is 17.8 Å². The summed E-state index contributed by atoms with van der Waals surface area (Å²) < 4.78 is 21.3. The van der Waals surface area contributed by atoms with E-state index in [2.05, 4.69) is 19.9 Å². The summed E-state index contributed by atoms with van der Waals surface area (Å²) in [4.78, 5) is 0. The van der Waals surface area contributed by atoms with Crippen LogP contribution in [0.2, 0.25) is 0 Å². The number of hydrogen-bond donors (Lipinski definition) is 0. The molecule has 0 amide bonds. The molecule has 1 aromatic rings. The van der Waals surface area contributed by atoms with Crippen molar-refractivity contribution < 1.29 is 9.13 Å². The molecule has 1 aromatic carbocycles. The summed E-state index contributed by atoms with van der Waals surface area (Å²) >= 11 is 0. The van der Waals surface area contributed by atoms with Gasteiger partial charge in [-0.25, -0.2) is 4.39 Å². The van der Waals surface area contributed by atoms with Crippen LogP contribution in [0.4, 0.5) is 4.39 Å². The van der Waals surface area contributed by atoms with Gasteiger partial charge in [-0.1, -0.05) is 71.3 Å². The molecule has 1 aliphatic heterocycles. The first kappa shape index (κ1) is 23.1. The predicted octanol–water partition coefficient (Wildman–Crippen LogP) is 8.98. The van der Waals surface area contributed by atoms with Crippen LogP contribution in [-0.4, -0.2) is 6.10 Å². The van der Waals surface area contributed by atoms with E-state index in [0.29, 0.717) is 11.7 Å². The molecule has 3 aliphatic rings. The molecule has 1 atom stereocenters. The van der Waals surface area contributed by atoms with Crippen LogP contribution in [0.5, 0.6) is 5.75 Å². The maximum atomic E-state index is 15.0. The van der Waals surface area contributed by atoms with Gasteiger partial charge in [-0.2, -0.15) is 0 Å². The van der Waals surface area contributed by atoms with Gasteiger partial charge in [0.2, 0.25) is 0 Å². The third-order valence-corrected chi connectivity index (χ3v) is 8.74. The number of halogens is 1. The Morgan fingerprint density at radius 2 is 1.32 bits per heavy atom. The minimum Gasteiger partial charge on any atom is -0.487 e. The molecule has 2 fully saturated rings. The Balaban J connectivity index is 1.28. The van der Waals surface area contributed by atoms with Gasteiger partial charge in [-0.3, -0.25) is 0 Å². The molecule has 0 saturated heterocycles. The van der Waals surface area contributed by atoms with E-state index < -0.39 is 0 Å². The van der Waals surface area contributed by atoms with Gasteiger partial charge < -0.3 is 4.74 Å². The van der Waals surface area contributed by atoms with Gasteiger partial charge in [0.05, 0.1) is 6.10 Å². The van der Waals surface area contributed by atoms with Gasteiger partial charge in [0.1, 0.15) is 0 Å². The lowest BCUT2D eigenvalue weighted by atomic mass is 9.76. The lowest BCUT2D eigenvalue weighted by Gasteiger charge is -2.32. The third-order valence-electron chi connectivity index (χ3n) is 8.74. The number of benzene rings is 1. The second-order valence-corrected chi connectivity index (χ2v) is 11.0. The highest BCUT2D eigenvalue weighted by Crippen LogP contribution is 2.41. The number of rotatable bonds is 8. The molecule has 31 heavy (non-hydrogen) atoms. The Morgan fingerprint density at radius 3 is 1.94 bits per heavy atom. The fraction of sp³-hybridized carbons (Fsp3) is 0.793. The first-order chi connectivity index (χ1) is 15.2. The molecule has 174 valence electrons. The van der Waals surface area contributed by atoms with Crippen LogP contribution in [0.15, 0.2) is 12.1 Å². The zero-order chi connectivity index (χ0) is 21.6. The van der Waals surface area contributed by atoms with Crippen LogP contribution in [0.1, 0.15) is 127 Å². The zero-order valence-corrected chi connectivity index (χ0v) is 20.1. The molecule has 1 unspecified atom stereocenters. The van der Waals surface area contributed by atoms with Crippen molar-refractivity contribution in [3.63, 3.8) is 0 Å². The van der Waals surface area contributed by atoms with Gasteiger partial charge >= 0.3 is 0 Å². The Kier molecular flexibility index (Phi) is 8.35. The van der Waals surface area contributed by atoms with Gasteiger partial charge in [0, 0.05) is 0 Å². The van der Waals surface area contributed by atoms with Gasteiger partial charge in [0.25, 0.3) is 0 Å². The molecule has 1 nitrogen and oxygen atoms in total. The molecule has 0 N–H and O–H groups in total. The van der Waals surface area contributed by atoms with Crippen LogP contribution in [-0.2, 0) is 6.42 Å². The molecule has 1 heterocycles. The third kappa shape index (κ3) is 6.05. The molecule has 2 heteroatoms. The van der Waals surface area contributed by atoms with Crippen molar-refractivity contribution in [3.8, 4) is 5.75 Å². The average Bonchev–Trinajstić information content (AvgIpc) is 2.80. The molecular formula is C29H45FO. The molecule has 0 spiro atoms. The van der Waals surface area contributed by atoms with Crippen LogP contribution >= 0.6 is 0 Å². The minimum absolute atomic E-state index is 0.104. The number of aryl methyl sites for hydroxylation is 1. The first-order valence-corrected chi connectivity index (χ1v) is 13.6. The predicted molar refractivity (Wildman–Crippen MR) is 128 cm³/mol. The normalized spacial score (nSPS) is 31.1. The first-order valence-electron chi connectivity index (χ1n) is 13.6. The summed E-state index contributed by atoms with van der Waals surface area (Å²) in [6.07, 6.45) is 20.7. The summed E-state index contributed by atoms with van der Waals surface area (Å²) in [5.74, 6) is 3.76. The fourth-order valence-electron chi connectivity index (χ4n) is 6.80. The molecule has 4 rings (SSSR count). The number of hydrogen-bond acceptors (Lipinski definition) is 1. The average molecular weight is 429 g/mol. The highest BCUT2D eigenvalue weighted by molar-refractivity contribution is 5.41. The second kappa shape index (κ2) is 11.2. The number of ether oxygens (including phenoxy) is 1. The zero-order valence-electron chi connectivity index (χ0n) is 20.1. The quantitative estimate of drug-likeness (QED) is 0.401. The molecule has 2 aliphatic carbocycles. The Bertz CT molecular complexity index is 682. The van der Waals surface area contributed by atoms with Gasteiger partial charge in [0.15, 0.2) is 11.6 Å². The highest BCUT2D eigenvalue weighted by Gasteiger charge is 2.28. The van der Waals surface area contributed by atoms with Crippen molar-refractivity contribution in [3.05, 3.63) is 29.1 Å². The fourth-order valence-corrected chi connectivity index (χ4v) is 6.80. The minimum atomic E-state index is -0.104. The summed E-state index contributed by atoms with van der Waals surface area (Å²) in [5.41, 5.74) is 2.36. The van der Waals surface area contributed by atoms with Crippen LogP contribution in [0, 0.1) is 23.6 Å². The lowest BCUT2D eigenvalue weighted by molar-refractivity contribution is 0.138. The summed E-state index contributed by atoms with van der Waals surface area (Å²) in [6.45, 7) is 4.60. The van der Waals surface area contributed by atoms with Crippen LogP contribution in [0.25, 0.3) is 0 Å². The Morgan fingerprint density at radius 1 is 0.742 bits per heavy atom. The summed E-state index contributed by atoms with van der Waals surface area (Å²) in [6, 6.07) is 4.09. The van der Waals surface area contributed by atoms with E-state index in [4.69, 9.17) is 4.74 Å². The SMILES string of the molecule is CCCC1CCC(CCC2CCc3cc(C4CCC(CCC)CC4)cc(F)c3O2)CC1. The van der Waals surface area contributed by atoms with Crippen molar-refractivity contribution in [1.82, 2.24) is 0 Å². The molecule has 2 saturated carbocycles. The largest absolute Gasteiger partial charge is 0.487 e. The van der Waals surface area contributed by atoms with Crippen molar-refractivity contribution in [2.75, 3.05) is 0 Å². The maximum absolute atomic E-state index is 15.0. The second-order valence-electron chi connectivity index (χ2n) is 11.0. The summed E-state index contributed by atoms with van der Waals surface area (Å²) in [5, 5.41) is 0. The topological polar surface area (TPSA) is 9.23 Å². The van der Waals surface area contributed by atoms with Crippen LogP contribution in [0.3, 0.4) is 0 Å². The number of fused-ring (bicyclic) bond motifs is 1. The maximum Gasteiger partial charge on any atom is 0.165 e. The van der Waals surface area contributed by atoms with E-state index in [1.54, 1.807) is 6.07 Å². The Labute approximate surface area is 190 Å². The Hall–Kier alpha value is -1.05. The highest BCUT2D eigenvalue weighted by atomic mass is 19.1. The van der Waals surface area contributed by atoms with E-state index in [9.17, 15) is 0 Å². The van der Waals surface area contributed by atoms with E-state index in [1.165, 1.54) is 89.0 Å². The van der Waals surface area contributed by atoms with E-state index in [0.717, 1.165) is 42.6 Å². The van der Waals surface area contributed by atoms with Crippen molar-refractivity contribution in [1.29, 1.82) is 0 Å². The summed E-state index contributed by atoms with van der Waals surface area (Å²) in [7, 11) is 0. The molecule has 0 bridgehead atoms. The van der Waals surface area contributed by atoms with Gasteiger partial charge in [-0.05, 0) is 92.2 Å². The smallest absolute Gasteiger partial charge is 0.165 e. The lowest BCUT2D eigenvalue weighted by Crippen LogP contribution is -2.25.